The van der Waals surface area contributed by atoms with Gasteiger partial charge < -0.3 is 4.42 Å². The van der Waals surface area contributed by atoms with E-state index in [-0.39, 0.29) is 18.3 Å². The Hall–Kier alpha value is -3.38. The molecule has 0 aliphatic carbocycles. The minimum absolute atomic E-state index is 0.123. The lowest BCUT2D eigenvalue weighted by Gasteiger charge is -2.05. The quantitative estimate of drug-likeness (QED) is 0.338. The first-order valence-electron chi connectivity index (χ1n) is 10.6. The molecule has 0 bridgehead atoms. The Labute approximate surface area is 192 Å². The fourth-order valence-corrected chi connectivity index (χ4v) is 4.14. The van der Waals surface area contributed by atoms with E-state index in [2.05, 4.69) is 65.8 Å². The van der Waals surface area contributed by atoms with E-state index in [4.69, 9.17) is 4.42 Å². The van der Waals surface area contributed by atoms with Gasteiger partial charge in [-0.2, -0.15) is 0 Å². The van der Waals surface area contributed by atoms with Crippen LogP contribution in [0.2, 0.25) is 0 Å². The fourth-order valence-electron chi connectivity index (χ4n) is 3.30. The molecule has 4 rings (SSSR count). The number of thioether (sulfide) groups is 1. The minimum Gasteiger partial charge on any atom is -0.407 e. The monoisotopic (exact) mass is 443 g/mol. The third-order valence-corrected chi connectivity index (χ3v) is 5.81. The normalized spacial score (nSPS) is 11.0. The van der Waals surface area contributed by atoms with E-state index in [0.717, 1.165) is 22.3 Å². The SMILES string of the molecule is CC(C)Sc1ccc(Cc2nnc(NC(=O)Cc3ccc(-c4ccccc4)cc3)o2)cc1. The predicted octanol–water partition coefficient (Wildman–Crippen LogP) is 6.01. The molecule has 0 saturated heterocycles. The van der Waals surface area contributed by atoms with Gasteiger partial charge in [-0.3, -0.25) is 10.1 Å². The molecule has 1 aromatic heterocycles. The number of hydrogen-bond donors (Lipinski definition) is 1. The fraction of sp³-hybridized carbons (Fsp3) is 0.192. The highest BCUT2D eigenvalue weighted by Gasteiger charge is 2.11. The molecule has 0 aliphatic rings. The largest absolute Gasteiger partial charge is 0.407 e. The van der Waals surface area contributed by atoms with Gasteiger partial charge in [0.05, 0.1) is 12.8 Å². The molecule has 0 spiro atoms. The van der Waals surface area contributed by atoms with Crippen LogP contribution in [-0.2, 0) is 17.6 Å². The van der Waals surface area contributed by atoms with Crippen LogP contribution in [0.15, 0.2) is 88.2 Å². The lowest BCUT2D eigenvalue weighted by atomic mass is 10.0. The average Bonchev–Trinajstić information content (AvgIpc) is 3.22. The molecule has 162 valence electrons. The van der Waals surface area contributed by atoms with Crippen molar-refractivity contribution in [3.05, 3.63) is 95.9 Å². The summed E-state index contributed by atoms with van der Waals surface area (Å²) >= 11 is 1.83. The van der Waals surface area contributed by atoms with E-state index in [1.807, 2.05) is 54.2 Å². The molecular formula is C26H25N3O2S. The topological polar surface area (TPSA) is 68.0 Å². The molecule has 1 N–H and O–H groups in total. The lowest BCUT2D eigenvalue weighted by Crippen LogP contribution is -2.14. The Kier molecular flexibility index (Phi) is 7.02. The summed E-state index contributed by atoms with van der Waals surface area (Å²) in [7, 11) is 0. The zero-order valence-corrected chi connectivity index (χ0v) is 18.9. The van der Waals surface area contributed by atoms with Crippen molar-refractivity contribution in [2.24, 2.45) is 0 Å². The van der Waals surface area contributed by atoms with Crippen LogP contribution in [0.5, 0.6) is 0 Å². The molecule has 0 unspecified atom stereocenters. The van der Waals surface area contributed by atoms with E-state index in [0.29, 0.717) is 17.6 Å². The first-order chi connectivity index (χ1) is 15.5. The van der Waals surface area contributed by atoms with Gasteiger partial charge in [0.1, 0.15) is 0 Å². The smallest absolute Gasteiger partial charge is 0.322 e. The second-order valence-corrected chi connectivity index (χ2v) is 9.43. The van der Waals surface area contributed by atoms with Crippen molar-refractivity contribution in [2.75, 3.05) is 5.32 Å². The molecule has 0 fully saturated rings. The number of nitrogens with zero attached hydrogens (tertiary/aromatic N) is 2. The van der Waals surface area contributed by atoms with Crippen LogP contribution in [0.3, 0.4) is 0 Å². The minimum atomic E-state index is -0.192. The van der Waals surface area contributed by atoms with Gasteiger partial charge >= 0.3 is 6.01 Å². The highest BCUT2D eigenvalue weighted by Crippen LogP contribution is 2.24. The van der Waals surface area contributed by atoms with E-state index in [1.165, 1.54) is 4.90 Å². The number of aromatic nitrogens is 2. The maximum absolute atomic E-state index is 12.4. The molecule has 5 nitrogen and oxygen atoms in total. The maximum Gasteiger partial charge on any atom is 0.322 e. The highest BCUT2D eigenvalue weighted by atomic mass is 32.2. The zero-order chi connectivity index (χ0) is 22.3. The molecule has 1 amide bonds. The van der Waals surface area contributed by atoms with Gasteiger partial charge in [-0.1, -0.05) is 85.7 Å². The van der Waals surface area contributed by atoms with Crippen LogP contribution in [0, 0.1) is 0 Å². The highest BCUT2D eigenvalue weighted by molar-refractivity contribution is 7.99. The zero-order valence-electron chi connectivity index (χ0n) is 18.1. The van der Waals surface area contributed by atoms with Crippen molar-refractivity contribution < 1.29 is 9.21 Å². The summed E-state index contributed by atoms with van der Waals surface area (Å²) in [4.78, 5) is 13.6. The predicted molar refractivity (Wildman–Crippen MR) is 129 cm³/mol. The Balaban J connectivity index is 1.31. The standard InChI is InChI=1S/C26H25N3O2S/c1-18(2)32-23-14-10-20(11-15-23)17-25-28-29-26(31-25)27-24(30)16-19-8-12-22(13-9-19)21-6-4-3-5-7-21/h3-15,18H,16-17H2,1-2H3,(H,27,29,30). The van der Waals surface area contributed by atoms with Crippen molar-refractivity contribution in [3.63, 3.8) is 0 Å². The summed E-state index contributed by atoms with van der Waals surface area (Å²) in [5.41, 5.74) is 4.27. The first kappa shape index (κ1) is 21.8. The Morgan fingerprint density at radius 1 is 0.875 bits per heavy atom. The number of carbonyl (C=O) groups is 1. The molecule has 32 heavy (non-hydrogen) atoms. The van der Waals surface area contributed by atoms with Gasteiger partial charge in [0.2, 0.25) is 11.8 Å². The van der Waals surface area contributed by atoms with Gasteiger partial charge in [-0.05, 0) is 34.4 Å². The van der Waals surface area contributed by atoms with Crippen molar-refractivity contribution in [3.8, 4) is 11.1 Å². The van der Waals surface area contributed by atoms with E-state index >= 15 is 0 Å². The van der Waals surface area contributed by atoms with Gasteiger partial charge in [0, 0.05) is 10.1 Å². The van der Waals surface area contributed by atoms with Crippen molar-refractivity contribution in [1.82, 2.24) is 10.2 Å². The molecule has 0 aliphatic heterocycles. The second-order valence-electron chi connectivity index (χ2n) is 7.78. The third-order valence-electron chi connectivity index (χ3n) is 4.79. The van der Waals surface area contributed by atoms with Crippen LogP contribution < -0.4 is 5.32 Å². The second kappa shape index (κ2) is 10.3. The lowest BCUT2D eigenvalue weighted by molar-refractivity contribution is -0.115. The number of hydrogen-bond acceptors (Lipinski definition) is 5. The van der Waals surface area contributed by atoms with Crippen LogP contribution in [0.1, 0.15) is 30.9 Å². The number of amides is 1. The number of carbonyl (C=O) groups excluding carboxylic acids is 1. The van der Waals surface area contributed by atoms with Crippen molar-refractivity contribution in [2.45, 2.75) is 36.8 Å². The molecule has 0 atom stereocenters. The Morgan fingerprint density at radius 3 is 2.22 bits per heavy atom. The van der Waals surface area contributed by atoms with Gasteiger partial charge in [-0.15, -0.1) is 16.9 Å². The Morgan fingerprint density at radius 2 is 1.53 bits per heavy atom. The molecule has 4 aromatic rings. The molecule has 1 heterocycles. The van der Waals surface area contributed by atoms with E-state index < -0.39 is 0 Å². The van der Waals surface area contributed by atoms with Crippen molar-refractivity contribution >= 4 is 23.7 Å². The Bertz CT molecular complexity index is 1150. The summed E-state index contributed by atoms with van der Waals surface area (Å²) in [5.74, 6) is 0.277. The van der Waals surface area contributed by atoms with Crippen LogP contribution in [-0.4, -0.2) is 21.4 Å². The number of benzene rings is 3. The average molecular weight is 444 g/mol. The van der Waals surface area contributed by atoms with E-state index in [9.17, 15) is 4.79 Å². The molecule has 0 saturated carbocycles. The van der Waals surface area contributed by atoms with Gasteiger partial charge in [0.25, 0.3) is 0 Å². The van der Waals surface area contributed by atoms with Crippen molar-refractivity contribution in [1.29, 1.82) is 0 Å². The molecular weight excluding hydrogens is 418 g/mol. The van der Waals surface area contributed by atoms with Crippen LogP contribution in [0.25, 0.3) is 11.1 Å². The summed E-state index contributed by atoms with van der Waals surface area (Å²) < 4.78 is 5.61. The van der Waals surface area contributed by atoms with Gasteiger partial charge in [0.15, 0.2) is 0 Å². The molecule has 6 heteroatoms. The number of nitrogens with one attached hydrogen (secondary N) is 1. The summed E-state index contributed by atoms with van der Waals surface area (Å²) in [6, 6.07) is 26.6. The summed E-state index contributed by atoms with van der Waals surface area (Å²) in [6.45, 7) is 4.35. The molecule has 0 radical (unpaired) electrons. The maximum atomic E-state index is 12.4. The summed E-state index contributed by atoms with van der Waals surface area (Å²) in [5, 5.41) is 11.2. The van der Waals surface area contributed by atoms with Crippen LogP contribution in [0.4, 0.5) is 6.01 Å². The first-order valence-corrected chi connectivity index (χ1v) is 11.5. The number of anilines is 1. The molecule has 3 aromatic carbocycles. The van der Waals surface area contributed by atoms with Crippen LogP contribution >= 0.6 is 11.8 Å². The number of rotatable bonds is 8. The summed E-state index contributed by atoms with van der Waals surface area (Å²) in [6.07, 6.45) is 0.762. The van der Waals surface area contributed by atoms with E-state index in [1.54, 1.807) is 0 Å². The van der Waals surface area contributed by atoms with Gasteiger partial charge in [-0.25, -0.2) is 0 Å². The third kappa shape index (κ3) is 6.08.